The number of halogens is 1. The molecule has 0 radical (unpaired) electrons. The second kappa shape index (κ2) is 18.6. The Morgan fingerprint density at radius 3 is 2.20 bits per heavy atom. The van der Waals surface area contributed by atoms with Crippen molar-refractivity contribution < 1.29 is 27.3 Å². The van der Waals surface area contributed by atoms with Crippen LogP contribution in [0.3, 0.4) is 0 Å². The molecule has 1 saturated heterocycles. The number of sulfonamides is 1. The molecule has 0 unspecified atom stereocenters. The Hall–Kier alpha value is -5.18. The summed E-state index contributed by atoms with van der Waals surface area (Å²) in [6, 6.07) is 18.2. The van der Waals surface area contributed by atoms with Crippen molar-refractivity contribution in [2.45, 2.75) is 96.4 Å². The average molecular weight is 854 g/mol. The molecule has 0 aliphatic carbocycles. The number of hydrogen-bond donors (Lipinski definition) is 0. The summed E-state index contributed by atoms with van der Waals surface area (Å²) in [4.78, 5) is 33.7. The van der Waals surface area contributed by atoms with Crippen LogP contribution in [0.1, 0.15) is 104 Å². The number of piperazine rings is 1. The molecular formula is C45H52ClN7O6S. The van der Waals surface area contributed by atoms with Crippen molar-refractivity contribution in [1.29, 1.82) is 0 Å². The predicted molar refractivity (Wildman–Crippen MR) is 231 cm³/mol. The summed E-state index contributed by atoms with van der Waals surface area (Å²) in [7, 11) is -2.13. The summed E-state index contributed by atoms with van der Waals surface area (Å²) in [5.74, 6) is 2.84. The maximum Gasteiger partial charge on any atom is 0.243 e. The Labute approximate surface area is 356 Å². The number of aliphatic imine (C=N–C) groups is 1. The number of rotatable bonds is 16. The van der Waals surface area contributed by atoms with Crippen LogP contribution in [0.4, 0.5) is 0 Å². The number of benzene rings is 3. The Morgan fingerprint density at radius 1 is 0.833 bits per heavy atom. The lowest BCUT2D eigenvalue weighted by molar-refractivity contribution is -0.132. The number of aryl methyl sites for hydroxylation is 4. The summed E-state index contributed by atoms with van der Waals surface area (Å²) in [6.07, 6.45) is 6.42. The number of unbranched alkanes of at least 4 members (excludes halogenated alkanes) is 5. The first-order valence-electron chi connectivity index (χ1n) is 20.6. The smallest absolute Gasteiger partial charge is 0.243 e. The molecular weight excluding hydrogens is 802 g/mol. The second-order valence-electron chi connectivity index (χ2n) is 15.7. The molecule has 1 amide bonds. The quantitative estimate of drug-likeness (QED) is 0.0892. The van der Waals surface area contributed by atoms with E-state index in [4.69, 9.17) is 25.9 Å². The van der Waals surface area contributed by atoms with E-state index in [9.17, 15) is 18.0 Å². The Balaban J connectivity index is 0.854. The largest absolute Gasteiger partial charge is 0.497 e. The molecule has 1 atom stereocenters. The number of aromatic nitrogens is 4. The molecule has 2 aliphatic heterocycles. The van der Waals surface area contributed by atoms with Crippen LogP contribution in [-0.2, 0) is 19.6 Å². The molecule has 0 bridgehead atoms. The second-order valence-corrected chi connectivity index (χ2v) is 18.0. The molecule has 4 heterocycles. The molecule has 316 valence electrons. The van der Waals surface area contributed by atoms with Crippen molar-refractivity contribution in [2.24, 2.45) is 4.99 Å². The Bertz CT molecular complexity index is 2490. The summed E-state index contributed by atoms with van der Waals surface area (Å²) in [6.45, 7) is 8.57. The van der Waals surface area contributed by atoms with E-state index in [1.165, 1.54) is 4.31 Å². The highest BCUT2D eigenvalue weighted by Gasteiger charge is 2.32. The van der Waals surface area contributed by atoms with Crippen LogP contribution in [0.5, 0.6) is 5.75 Å². The van der Waals surface area contributed by atoms with Crippen LogP contribution >= 0.6 is 11.6 Å². The average Bonchev–Trinajstić information content (AvgIpc) is 3.76. The summed E-state index contributed by atoms with van der Waals surface area (Å²) >= 11 is 6.23. The minimum Gasteiger partial charge on any atom is -0.497 e. The minimum absolute atomic E-state index is 0.0582. The van der Waals surface area contributed by atoms with Gasteiger partial charge >= 0.3 is 0 Å². The fourth-order valence-electron chi connectivity index (χ4n) is 8.20. The Morgan fingerprint density at radius 2 is 1.52 bits per heavy atom. The van der Waals surface area contributed by atoms with E-state index in [0.717, 1.165) is 72.2 Å². The van der Waals surface area contributed by atoms with Crippen molar-refractivity contribution in [3.8, 4) is 22.6 Å². The number of amides is 1. The van der Waals surface area contributed by atoms with Gasteiger partial charge < -0.3 is 14.2 Å². The third-order valence-electron chi connectivity index (χ3n) is 11.5. The zero-order valence-corrected chi connectivity index (χ0v) is 36.5. The molecule has 1 fully saturated rings. The molecule has 5 aromatic rings. The third-order valence-corrected chi connectivity index (χ3v) is 13.8. The number of carbonyl (C=O) groups excluding carboxylic acids is 2. The summed E-state index contributed by atoms with van der Waals surface area (Å²) in [5, 5.41) is 13.5. The highest BCUT2D eigenvalue weighted by Crippen LogP contribution is 2.35. The van der Waals surface area contributed by atoms with E-state index >= 15 is 0 Å². The lowest BCUT2D eigenvalue weighted by Gasteiger charge is -2.34. The molecule has 15 heteroatoms. The number of methoxy groups -OCH3 is 1. The lowest BCUT2D eigenvalue weighted by atomic mass is 9.99. The molecule has 13 nitrogen and oxygen atoms in total. The number of Topliss-reactive ketones (excluding diaryl/α,β-unsaturated/α-hetero) is 1. The van der Waals surface area contributed by atoms with Gasteiger partial charge in [0.15, 0.2) is 5.82 Å². The molecule has 0 N–H and O–H groups in total. The van der Waals surface area contributed by atoms with Crippen LogP contribution in [0.25, 0.3) is 16.8 Å². The van der Waals surface area contributed by atoms with E-state index in [1.54, 1.807) is 25.0 Å². The number of ether oxygens (including phenoxy) is 1. The summed E-state index contributed by atoms with van der Waals surface area (Å²) < 4.78 is 41.9. The van der Waals surface area contributed by atoms with Gasteiger partial charge in [0.1, 0.15) is 29.2 Å². The number of fused-ring (bicyclic) bond motifs is 3. The molecule has 3 aromatic carbocycles. The van der Waals surface area contributed by atoms with E-state index in [0.29, 0.717) is 65.4 Å². The van der Waals surface area contributed by atoms with Gasteiger partial charge in [-0.05, 0) is 88.1 Å². The first-order valence-corrected chi connectivity index (χ1v) is 22.5. The number of carbonyl (C=O) groups is 2. The number of ketones is 1. The molecule has 2 aliphatic rings. The van der Waals surface area contributed by atoms with Gasteiger partial charge in [-0.1, -0.05) is 66.7 Å². The van der Waals surface area contributed by atoms with Gasteiger partial charge in [-0.15, -0.1) is 10.2 Å². The normalized spacial score (nSPS) is 15.6. The fourth-order valence-corrected chi connectivity index (χ4v) is 10.0. The van der Waals surface area contributed by atoms with Crippen molar-refractivity contribution in [2.75, 3.05) is 33.3 Å². The maximum atomic E-state index is 13.8. The lowest BCUT2D eigenvalue weighted by Crippen LogP contribution is -2.50. The van der Waals surface area contributed by atoms with Crippen LogP contribution in [0, 0.1) is 27.7 Å². The zero-order valence-electron chi connectivity index (χ0n) is 34.9. The highest BCUT2D eigenvalue weighted by atomic mass is 35.5. The molecule has 7 rings (SSSR count). The minimum atomic E-state index is -3.76. The van der Waals surface area contributed by atoms with Crippen LogP contribution in [0.2, 0.25) is 5.02 Å². The van der Waals surface area contributed by atoms with Crippen molar-refractivity contribution >= 4 is 39.0 Å². The SMILES string of the molecule is COc1ccc2c(c1)C(c1ccc(Cl)cc1)=N[C@@H](CC(=O)CCCCCCCCC(=O)N1CCN(S(=O)(=O)c3cc(-c4c(C)noc4C)ccc3C)CC1)c1nnc(C)n1-2. The van der Waals surface area contributed by atoms with Gasteiger partial charge in [0, 0.05) is 67.2 Å². The number of hydrogen-bond acceptors (Lipinski definition) is 10. The zero-order chi connectivity index (χ0) is 42.6. The summed E-state index contributed by atoms with van der Waals surface area (Å²) in [5.41, 5.74) is 6.26. The van der Waals surface area contributed by atoms with Gasteiger partial charge in [-0.3, -0.25) is 19.1 Å². The molecule has 2 aromatic heterocycles. The maximum absolute atomic E-state index is 13.8. The predicted octanol–water partition coefficient (Wildman–Crippen LogP) is 8.32. The van der Waals surface area contributed by atoms with E-state index < -0.39 is 16.1 Å². The van der Waals surface area contributed by atoms with Gasteiger partial charge in [0.25, 0.3) is 0 Å². The van der Waals surface area contributed by atoms with Crippen LogP contribution in [0.15, 0.2) is 75.1 Å². The standard InChI is InChI=1S/C45H52ClN7O6S/c1-29-14-15-34(43-30(2)50-59-31(43)3)26-41(29)60(56,57)52-24-22-51(23-25-52)42(55)13-11-9-7-6-8-10-12-36(54)27-39-45-49-48-32(4)53(45)40-21-20-37(58-5)28-38(40)44(47-39)33-16-18-35(46)19-17-33/h14-21,26,28,39H,6-13,22-25,27H2,1-5H3/t39-/m0/s1. The van der Waals surface area contributed by atoms with Crippen molar-refractivity contribution in [1.82, 2.24) is 29.1 Å². The number of nitrogens with zero attached hydrogens (tertiary/aromatic N) is 7. The molecule has 60 heavy (non-hydrogen) atoms. The van der Waals surface area contributed by atoms with Crippen LogP contribution < -0.4 is 4.74 Å². The van der Waals surface area contributed by atoms with Crippen LogP contribution in [-0.4, -0.2) is 88.2 Å². The topological polar surface area (TPSA) is 153 Å². The molecule has 0 spiro atoms. The van der Waals surface area contributed by atoms with E-state index in [-0.39, 0.29) is 36.1 Å². The van der Waals surface area contributed by atoms with Crippen molar-refractivity contribution in [3.05, 3.63) is 105 Å². The van der Waals surface area contributed by atoms with Gasteiger partial charge in [-0.25, -0.2) is 8.42 Å². The van der Waals surface area contributed by atoms with Gasteiger partial charge in [0.2, 0.25) is 15.9 Å². The third kappa shape index (κ3) is 9.25. The fraction of sp³-hybridized carbons (Fsp3) is 0.422. The molecule has 0 saturated carbocycles. The first kappa shape index (κ1) is 42.9. The van der Waals surface area contributed by atoms with Crippen molar-refractivity contribution in [3.63, 3.8) is 0 Å². The van der Waals surface area contributed by atoms with E-state index in [2.05, 4.69) is 15.4 Å². The van der Waals surface area contributed by atoms with Gasteiger partial charge in [0.05, 0.1) is 29.1 Å². The highest BCUT2D eigenvalue weighted by molar-refractivity contribution is 7.89. The Kier molecular flexibility index (Phi) is 13.3. The first-order chi connectivity index (χ1) is 28.8. The monoisotopic (exact) mass is 853 g/mol. The van der Waals surface area contributed by atoms with Gasteiger partial charge in [-0.2, -0.15) is 4.31 Å². The van der Waals surface area contributed by atoms with E-state index in [1.807, 2.05) is 79.9 Å².